The number of aromatic nitrogens is 1. The number of hydrogen-bond donors (Lipinski definition) is 0. The molecule has 1 aromatic carbocycles. The van der Waals surface area contributed by atoms with Crippen LogP contribution in [0.4, 0.5) is 0 Å². The van der Waals surface area contributed by atoms with Gasteiger partial charge in [-0.2, -0.15) is 5.26 Å². The maximum Gasteiger partial charge on any atom is 0.141 e. The third kappa shape index (κ3) is 3.13. The third-order valence-corrected chi connectivity index (χ3v) is 3.74. The highest BCUT2D eigenvalue weighted by molar-refractivity contribution is 5.71. The zero-order valence-electron chi connectivity index (χ0n) is 13.4. The van der Waals surface area contributed by atoms with Crippen LogP contribution in [0.2, 0.25) is 0 Å². The summed E-state index contributed by atoms with van der Waals surface area (Å²) >= 11 is 0. The maximum absolute atomic E-state index is 9.07. The number of aryl methyl sites for hydroxylation is 1. The molecule has 0 aliphatic heterocycles. The van der Waals surface area contributed by atoms with Gasteiger partial charge in [0, 0.05) is 6.20 Å². The van der Waals surface area contributed by atoms with E-state index in [0.29, 0.717) is 17.5 Å². The van der Waals surface area contributed by atoms with Gasteiger partial charge >= 0.3 is 0 Å². The molecule has 0 bridgehead atoms. The Hall–Kier alpha value is -2.14. The van der Waals surface area contributed by atoms with E-state index in [2.05, 4.69) is 57.8 Å². The van der Waals surface area contributed by atoms with Crippen LogP contribution in [0.25, 0.3) is 11.1 Å². The molecular weight excluding hydrogens is 256 g/mol. The van der Waals surface area contributed by atoms with Crippen LogP contribution in [-0.2, 0) is 0 Å². The van der Waals surface area contributed by atoms with Crippen molar-refractivity contribution in [3.05, 3.63) is 52.8 Å². The fraction of sp³-hybridized carbons (Fsp3) is 0.368. The Morgan fingerprint density at radius 1 is 1.05 bits per heavy atom. The van der Waals surface area contributed by atoms with E-state index in [4.69, 9.17) is 5.26 Å². The van der Waals surface area contributed by atoms with Gasteiger partial charge in [0.15, 0.2) is 0 Å². The highest BCUT2D eigenvalue weighted by Gasteiger charge is 2.17. The van der Waals surface area contributed by atoms with Gasteiger partial charge in [-0.1, -0.05) is 45.4 Å². The van der Waals surface area contributed by atoms with Gasteiger partial charge in [-0.05, 0) is 53.1 Å². The molecule has 1 aromatic heterocycles. The fourth-order valence-electron chi connectivity index (χ4n) is 2.85. The third-order valence-electron chi connectivity index (χ3n) is 3.74. The van der Waals surface area contributed by atoms with Gasteiger partial charge in [-0.3, -0.25) is 0 Å². The molecule has 2 rings (SSSR count). The Balaban J connectivity index is 2.75. The van der Waals surface area contributed by atoms with Crippen LogP contribution >= 0.6 is 0 Å². The fourth-order valence-corrected chi connectivity index (χ4v) is 2.85. The predicted octanol–water partition coefficient (Wildman–Crippen LogP) is 5.18. The summed E-state index contributed by atoms with van der Waals surface area (Å²) < 4.78 is 0. The van der Waals surface area contributed by atoms with Crippen molar-refractivity contribution < 1.29 is 0 Å². The lowest BCUT2D eigenvalue weighted by atomic mass is 9.83. The molecule has 2 nitrogen and oxygen atoms in total. The second-order valence-electron chi connectivity index (χ2n) is 6.17. The molecule has 0 N–H and O–H groups in total. The summed E-state index contributed by atoms with van der Waals surface area (Å²) in [5.74, 6) is 0.926. The monoisotopic (exact) mass is 278 g/mol. The molecule has 0 spiro atoms. The summed E-state index contributed by atoms with van der Waals surface area (Å²) in [4.78, 5) is 4.08. The van der Waals surface area contributed by atoms with E-state index in [1.807, 2.05) is 12.1 Å². The maximum atomic E-state index is 9.07. The molecule has 0 aliphatic rings. The van der Waals surface area contributed by atoms with Crippen molar-refractivity contribution in [2.75, 3.05) is 0 Å². The number of pyridine rings is 1. The van der Waals surface area contributed by atoms with Crippen molar-refractivity contribution in [2.24, 2.45) is 0 Å². The number of nitriles is 1. The lowest BCUT2D eigenvalue weighted by molar-refractivity contribution is 0.790. The zero-order valence-corrected chi connectivity index (χ0v) is 13.4. The second kappa shape index (κ2) is 6.10. The Bertz CT molecular complexity index is 691. The first-order chi connectivity index (χ1) is 9.93. The molecule has 0 fully saturated rings. The van der Waals surface area contributed by atoms with Crippen molar-refractivity contribution in [1.82, 2.24) is 4.98 Å². The Kier molecular flexibility index (Phi) is 4.43. The second-order valence-corrected chi connectivity index (χ2v) is 6.17. The first kappa shape index (κ1) is 15.3. The summed E-state index contributed by atoms with van der Waals surface area (Å²) in [5, 5.41) is 9.07. The normalized spacial score (nSPS) is 11.0. The highest BCUT2D eigenvalue weighted by Crippen LogP contribution is 2.36. The smallest absolute Gasteiger partial charge is 0.141 e. The molecule has 0 radical (unpaired) electrons. The van der Waals surface area contributed by atoms with E-state index in [1.54, 1.807) is 6.20 Å². The van der Waals surface area contributed by atoms with Crippen LogP contribution in [0.1, 0.15) is 61.9 Å². The van der Waals surface area contributed by atoms with E-state index in [0.717, 1.165) is 5.56 Å². The molecule has 21 heavy (non-hydrogen) atoms. The standard InChI is InChI=1S/C19H22N2/c1-12(2)17-8-14(5)9-18(19(17)13(3)4)15-6-7-21-16(10-15)11-20/h6-10,12-13H,1-5H3. The average Bonchev–Trinajstić information content (AvgIpc) is 2.45. The molecule has 2 heteroatoms. The van der Waals surface area contributed by atoms with Gasteiger partial charge in [0.05, 0.1) is 0 Å². The number of hydrogen-bond acceptors (Lipinski definition) is 2. The van der Waals surface area contributed by atoms with Gasteiger partial charge in [0.1, 0.15) is 11.8 Å². The molecule has 0 saturated heterocycles. The minimum absolute atomic E-state index is 0.441. The van der Waals surface area contributed by atoms with Gasteiger partial charge in [-0.25, -0.2) is 4.98 Å². The van der Waals surface area contributed by atoms with E-state index < -0.39 is 0 Å². The topological polar surface area (TPSA) is 36.7 Å². The van der Waals surface area contributed by atoms with Crippen LogP contribution in [0.15, 0.2) is 30.5 Å². The first-order valence-electron chi connectivity index (χ1n) is 7.45. The first-order valence-corrected chi connectivity index (χ1v) is 7.45. The number of nitrogens with zero attached hydrogens (tertiary/aromatic N) is 2. The van der Waals surface area contributed by atoms with Crippen molar-refractivity contribution in [1.29, 1.82) is 5.26 Å². The molecule has 0 amide bonds. The van der Waals surface area contributed by atoms with Crippen LogP contribution in [0.5, 0.6) is 0 Å². The molecule has 0 unspecified atom stereocenters. The Morgan fingerprint density at radius 2 is 1.76 bits per heavy atom. The van der Waals surface area contributed by atoms with E-state index in [-0.39, 0.29) is 0 Å². The Labute approximate surface area is 127 Å². The quantitative estimate of drug-likeness (QED) is 0.776. The highest BCUT2D eigenvalue weighted by atomic mass is 14.7. The minimum atomic E-state index is 0.441. The van der Waals surface area contributed by atoms with E-state index >= 15 is 0 Å². The van der Waals surface area contributed by atoms with Crippen LogP contribution < -0.4 is 0 Å². The van der Waals surface area contributed by atoms with Crippen molar-refractivity contribution in [3.8, 4) is 17.2 Å². The van der Waals surface area contributed by atoms with Gasteiger partial charge in [-0.15, -0.1) is 0 Å². The number of rotatable bonds is 3. The summed E-state index contributed by atoms with van der Waals surface area (Å²) in [6.07, 6.45) is 1.72. The van der Waals surface area contributed by atoms with E-state index in [1.165, 1.54) is 22.3 Å². The largest absolute Gasteiger partial charge is 0.246 e. The van der Waals surface area contributed by atoms with Gasteiger partial charge in [0.25, 0.3) is 0 Å². The Morgan fingerprint density at radius 3 is 2.33 bits per heavy atom. The molecule has 0 saturated carbocycles. The molecule has 0 aliphatic carbocycles. The molecule has 1 heterocycles. The molecule has 0 atom stereocenters. The zero-order chi connectivity index (χ0) is 15.6. The summed E-state index contributed by atoms with van der Waals surface area (Å²) in [7, 11) is 0. The van der Waals surface area contributed by atoms with E-state index in [9.17, 15) is 0 Å². The van der Waals surface area contributed by atoms with Crippen LogP contribution in [-0.4, -0.2) is 4.98 Å². The van der Waals surface area contributed by atoms with Crippen molar-refractivity contribution >= 4 is 0 Å². The lowest BCUT2D eigenvalue weighted by Crippen LogP contribution is -2.03. The SMILES string of the molecule is Cc1cc(-c2ccnc(C#N)c2)c(C(C)C)c(C(C)C)c1. The van der Waals surface area contributed by atoms with Crippen LogP contribution in [0, 0.1) is 18.3 Å². The molecule has 2 aromatic rings. The summed E-state index contributed by atoms with van der Waals surface area (Å²) in [6, 6.07) is 10.5. The van der Waals surface area contributed by atoms with Crippen molar-refractivity contribution in [3.63, 3.8) is 0 Å². The van der Waals surface area contributed by atoms with Crippen LogP contribution in [0.3, 0.4) is 0 Å². The lowest BCUT2D eigenvalue weighted by Gasteiger charge is -2.21. The minimum Gasteiger partial charge on any atom is -0.246 e. The average molecular weight is 278 g/mol. The molecular formula is C19H22N2. The van der Waals surface area contributed by atoms with Gasteiger partial charge < -0.3 is 0 Å². The van der Waals surface area contributed by atoms with Gasteiger partial charge in [0.2, 0.25) is 0 Å². The number of benzene rings is 1. The molecule has 108 valence electrons. The summed E-state index contributed by atoms with van der Waals surface area (Å²) in [6.45, 7) is 11.1. The predicted molar refractivity (Wildman–Crippen MR) is 87.3 cm³/mol. The summed E-state index contributed by atoms with van der Waals surface area (Å²) in [5.41, 5.74) is 6.81. The van der Waals surface area contributed by atoms with Crippen molar-refractivity contribution in [2.45, 2.75) is 46.5 Å².